The van der Waals surface area contributed by atoms with Crippen LogP contribution in [-0.2, 0) is 17.8 Å². The molecule has 0 bridgehead atoms. The fourth-order valence-corrected chi connectivity index (χ4v) is 3.97. The van der Waals surface area contributed by atoms with Crippen molar-refractivity contribution >= 4 is 5.97 Å². The molecule has 0 amide bonds. The van der Waals surface area contributed by atoms with Gasteiger partial charge in [0.25, 0.3) is 0 Å². The number of aromatic carboxylic acids is 1. The SMILES string of the molecule is Cc1ccc(CC(C)(C)NC[C@H](O)COC(C)c2ccccc2OCc2ccc(C(=O)O)cc2)cc1F. The Balaban J connectivity index is 1.49. The Morgan fingerprint density at radius 1 is 1.05 bits per heavy atom. The molecule has 0 radical (unpaired) electrons. The molecule has 3 aromatic rings. The Hall–Kier alpha value is -3.26. The van der Waals surface area contributed by atoms with Gasteiger partial charge in [-0.2, -0.15) is 0 Å². The molecule has 0 aliphatic rings. The van der Waals surface area contributed by atoms with Crippen molar-refractivity contribution in [2.75, 3.05) is 13.2 Å². The van der Waals surface area contributed by atoms with E-state index in [1.807, 2.05) is 51.1 Å². The van der Waals surface area contributed by atoms with E-state index < -0.39 is 12.1 Å². The molecule has 198 valence electrons. The minimum Gasteiger partial charge on any atom is -0.489 e. The van der Waals surface area contributed by atoms with Crippen LogP contribution < -0.4 is 10.1 Å². The molecule has 3 N–H and O–H groups in total. The molecule has 3 rings (SSSR count). The van der Waals surface area contributed by atoms with E-state index in [9.17, 15) is 14.3 Å². The summed E-state index contributed by atoms with van der Waals surface area (Å²) < 4.78 is 25.8. The lowest BCUT2D eigenvalue weighted by molar-refractivity contribution is -0.00520. The molecule has 0 fully saturated rings. The number of halogens is 1. The van der Waals surface area contributed by atoms with E-state index in [-0.39, 0.29) is 36.2 Å². The average Bonchev–Trinajstić information content (AvgIpc) is 2.87. The molecule has 0 aliphatic carbocycles. The van der Waals surface area contributed by atoms with Crippen LogP contribution in [0.4, 0.5) is 4.39 Å². The van der Waals surface area contributed by atoms with Crippen molar-refractivity contribution in [2.24, 2.45) is 0 Å². The first-order valence-corrected chi connectivity index (χ1v) is 12.4. The van der Waals surface area contributed by atoms with Crippen LogP contribution in [0.1, 0.15) is 59.5 Å². The first-order chi connectivity index (χ1) is 17.5. The second-order valence-electron chi connectivity index (χ2n) is 9.98. The lowest BCUT2D eigenvalue weighted by Crippen LogP contribution is -2.46. The number of hydrogen-bond acceptors (Lipinski definition) is 5. The summed E-state index contributed by atoms with van der Waals surface area (Å²) in [5.41, 5.74) is 3.12. The average molecular weight is 510 g/mol. The predicted molar refractivity (Wildman–Crippen MR) is 141 cm³/mol. The molecular weight excluding hydrogens is 473 g/mol. The third-order valence-corrected chi connectivity index (χ3v) is 6.19. The summed E-state index contributed by atoms with van der Waals surface area (Å²) >= 11 is 0. The van der Waals surface area contributed by atoms with Gasteiger partial charge in [0.1, 0.15) is 18.2 Å². The van der Waals surface area contributed by atoms with E-state index >= 15 is 0 Å². The molecule has 1 unspecified atom stereocenters. The lowest BCUT2D eigenvalue weighted by Gasteiger charge is -2.28. The van der Waals surface area contributed by atoms with Gasteiger partial charge in [0.05, 0.1) is 24.4 Å². The number of carbonyl (C=O) groups is 1. The van der Waals surface area contributed by atoms with Crippen LogP contribution >= 0.6 is 0 Å². The highest BCUT2D eigenvalue weighted by molar-refractivity contribution is 5.87. The van der Waals surface area contributed by atoms with Crippen LogP contribution in [0.2, 0.25) is 0 Å². The lowest BCUT2D eigenvalue weighted by atomic mass is 9.94. The quantitative estimate of drug-likeness (QED) is 0.284. The van der Waals surface area contributed by atoms with Gasteiger partial charge in [-0.05, 0) is 75.1 Å². The first-order valence-electron chi connectivity index (χ1n) is 12.4. The van der Waals surface area contributed by atoms with E-state index in [1.165, 1.54) is 0 Å². The van der Waals surface area contributed by atoms with E-state index in [0.29, 0.717) is 24.3 Å². The molecule has 0 heterocycles. The summed E-state index contributed by atoms with van der Waals surface area (Å²) in [7, 11) is 0. The summed E-state index contributed by atoms with van der Waals surface area (Å²) in [6.07, 6.45) is -0.418. The number of hydrogen-bond donors (Lipinski definition) is 3. The van der Waals surface area contributed by atoms with Gasteiger partial charge in [0.2, 0.25) is 0 Å². The summed E-state index contributed by atoms with van der Waals surface area (Å²) in [4.78, 5) is 11.0. The van der Waals surface area contributed by atoms with Gasteiger partial charge in [-0.3, -0.25) is 0 Å². The summed E-state index contributed by atoms with van der Waals surface area (Å²) in [5.74, 6) is -0.515. The number of carboxylic acids is 1. The van der Waals surface area contributed by atoms with Crippen molar-refractivity contribution in [3.63, 3.8) is 0 Å². The molecule has 7 heteroatoms. The fraction of sp³-hybridized carbons (Fsp3) is 0.367. The smallest absolute Gasteiger partial charge is 0.335 e. The second-order valence-corrected chi connectivity index (χ2v) is 9.98. The molecule has 2 atom stereocenters. The number of β-amino-alcohol motifs (C(OH)–C–C–N with tert-alkyl or cyclic N) is 1. The van der Waals surface area contributed by atoms with Crippen LogP contribution in [0, 0.1) is 12.7 Å². The maximum atomic E-state index is 13.9. The van der Waals surface area contributed by atoms with Gasteiger partial charge in [0.15, 0.2) is 0 Å². The van der Waals surface area contributed by atoms with E-state index in [1.54, 1.807) is 43.3 Å². The fourth-order valence-electron chi connectivity index (χ4n) is 3.97. The van der Waals surface area contributed by atoms with Crippen LogP contribution in [-0.4, -0.2) is 41.0 Å². The molecule has 0 aliphatic heterocycles. The number of benzene rings is 3. The van der Waals surface area contributed by atoms with Gasteiger partial charge in [0, 0.05) is 17.6 Å². The standard InChI is InChI=1S/C30H36FNO5/c1-20-9-10-23(15-27(20)31)16-30(3,4)32-17-25(33)19-36-21(2)26-7-5-6-8-28(26)37-18-22-11-13-24(14-12-22)29(34)35/h5-15,21,25,32-33H,16-19H2,1-4H3,(H,34,35)/t21?,25-/m0/s1. The number of aryl methyl sites for hydroxylation is 1. The van der Waals surface area contributed by atoms with Gasteiger partial charge < -0.3 is 25.0 Å². The van der Waals surface area contributed by atoms with Crippen molar-refractivity contribution in [3.05, 3.63) is 100 Å². The molecular formula is C30H36FNO5. The minimum absolute atomic E-state index is 0.133. The Morgan fingerprint density at radius 2 is 1.73 bits per heavy atom. The van der Waals surface area contributed by atoms with Gasteiger partial charge in [-0.1, -0.05) is 42.5 Å². The maximum Gasteiger partial charge on any atom is 0.335 e. The molecule has 0 saturated carbocycles. The largest absolute Gasteiger partial charge is 0.489 e. The van der Waals surface area contributed by atoms with E-state index in [4.69, 9.17) is 14.6 Å². The van der Waals surface area contributed by atoms with Gasteiger partial charge in [-0.15, -0.1) is 0 Å². The van der Waals surface area contributed by atoms with Crippen molar-refractivity contribution in [1.29, 1.82) is 0 Å². The van der Waals surface area contributed by atoms with Crippen molar-refractivity contribution in [2.45, 2.75) is 58.5 Å². The summed E-state index contributed by atoms with van der Waals surface area (Å²) in [5, 5.41) is 22.9. The number of rotatable bonds is 13. The predicted octanol–water partition coefficient (Wildman–Crippen LogP) is 5.46. The number of nitrogens with one attached hydrogen (secondary N) is 1. The highest BCUT2D eigenvalue weighted by atomic mass is 19.1. The zero-order valence-corrected chi connectivity index (χ0v) is 21.8. The van der Waals surface area contributed by atoms with Gasteiger partial charge >= 0.3 is 5.97 Å². The van der Waals surface area contributed by atoms with Crippen LogP contribution in [0.15, 0.2) is 66.7 Å². The minimum atomic E-state index is -0.966. The van der Waals surface area contributed by atoms with E-state index in [0.717, 1.165) is 16.7 Å². The highest BCUT2D eigenvalue weighted by Crippen LogP contribution is 2.28. The Bertz CT molecular complexity index is 1180. The van der Waals surface area contributed by atoms with Crippen LogP contribution in [0.25, 0.3) is 0 Å². The van der Waals surface area contributed by atoms with Crippen LogP contribution in [0.5, 0.6) is 5.75 Å². The first kappa shape index (κ1) is 28.3. The molecule has 37 heavy (non-hydrogen) atoms. The van der Waals surface area contributed by atoms with Gasteiger partial charge in [-0.25, -0.2) is 9.18 Å². The van der Waals surface area contributed by atoms with Crippen molar-refractivity contribution in [3.8, 4) is 5.75 Å². The van der Waals surface area contributed by atoms with Crippen LogP contribution in [0.3, 0.4) is 0 Å². The molecule has 0 saturated heterocycles. The zero-order chi connectivity index (χ0) is 27.0. The topological polar surface area (TPSA) is 88.0 Å². The third kappa shape index (κ3) is 8.67. The monoisotopic (exact) mass is 509 g/mol. The Morgan fingerprint density at radius 3 is 2.41 bits per heavy atom. The summed E-state index contributed by atoms with van der Waals surface area (Å²) in [6, 6.07) is 19.4. The van der Waals surface area contributed by atoms with Crippen molar-refractivity contribution in [1.82, 2.24) is 5.32 Å². The number of aliphatic hydroxyl groups is 1. The zero-order valence-electron chi connectivity index (χ0n) is 21.8. The molecule has 3 aromatic carbocycles. The number of aliphatic hydroxyl groups excluding tert-OH is 1. The Labute approximate surface area is 218 Å². The summed E-state index contributed by atoms with van der Waals surface area (Å²) in [6.45, 7) is 8.43. The normalized spacial score (nSPS) is 13.2. The molecule has 0 spiro atoms. The van der Waals surface area contributed by atoms with E-state index in [2.05, 4.69) is 5.32 Å². The number of para-hydroxylation sites is 1. The third-order valence-electron chi connectivity index (χ3n) is 6.19. The maximum absolute atomic E-state index is 13.9. The number of ether oxygens (including phenoxy) is 2. The molecule has 0 aromatic heterocycles. The molecule has 6 nitrogen and oxygen atoms in total. The highest BCUT2D eigenvalue weighted by Gasteiger charge is 2.21. The Kier molecular flexibility index (Phi) is 9.80. The second kappa shape index (κ2) is 12.8. The number of carboxylic acid groups (broad SMARTS) is 1. The van der Waals surface area contributed by atoms with Crippen molar-refractivity contribution < 1.29 is 28.9 Å².